The average Bonchev–Trinajstić information content (AvgIpc) is 2.48. The van der Waals surface area contributed by atoms with Crippen LogP contribution in [0, 0.1) is 6.92 Å². The number of benzene rings is 1. The van der Waals surface area contributed by atoms with E-state index in [1.54, 1.807) is 0 Å². The monoisotopic (exact) mass is 276 g/mol. The van der Waals surface area contributed by atoms with Crippen molar-refractivity contribution in [3.05, 3.63) is 23.8 Å². The highest BCUT2D eigenvalue weighted by atomic mass is 16.5. The van der Waals surface area contributed by atoms with Gasteiger partial charge in [0, 0.05) is 31.0 Å². The third kappa shape index (κ3) is 2.78. The molecule has 0 aliphatic carbocycles. The molecule has 2 heterocycles. The van der Waals surface area contributed by atoms with Gasteiger partial charge in [0.05, 0.1) is 19.8 Å². The van der Waals surface area contributed by atoms with Crippen LogP contribution in [0.1, 0.15) is 5.56 Å². The fourth-order valence-corrected chi connectivity index (χ4v) is 2.69. The van der Waals surface area contributed by atoms with Gasteiger partial charge in [0.1, 0.15) is 6.61 Å². The zero-order chi connectivity index (χ0) is 13.9. The highest BCUT2D eigenvalue weighted by Crippen LogP contribution is 2.26. The first-order chi connectivity index (χ1) is 9.74. The fraction of sp³-hybridized carbons (Fsp3) is 0.533. The van der Waals surface area contributed by atoms with Gasteiger partial charge in [-0.3, -0.25) is 4.79 Å². The molecule has 2 saturated heterocycles. The van der Waals surface area contributed by atoms with Crippen LogP contribution in [-0.2, 0) is 14.3 Å². The van der Waals surface area contributed by atoms with Crippen molar-refractivity contribution in [3.63, 3.8) is 0 Å². The van der Waals surface area contributed by atoms with Gasteiger partial charge < -0.3 is 19.3 Å². The summed E-state index contributed by atoms with van der Waals surface area (Å²) in [5.41, 5.74) is 3.31. The lowest BCUT2D eigenvalue weighted by Crippen LogP contribution is -2.42. The van der Waals surface area contributed by atoms with Crippen LogP contribution >= 0.6 is 0 Å². The molecule has 3 rings (SSSR count). The Morgan fingerprint density at radius 1 is 0.950 bits per heavy atom. The fourth-order valence-electron chi connectivity index (χ4n) is 2.69. The first-order valence-electron chi connectivity index (χ1n) is 7.06. The van der Waals surface area contributed by atoms with E-state index in [2.05, 4.69) is 30.0 Å². The number of nitrogens with zero attached hydrogens (tertiary/aromatic N) is 2. The summed E-state index contributed by atoms with van der Waals surface area (Å²) in [7, 11) is 0. The number of aryl methyl sites for hydroxylation is 1. The molecule has 1 aromatic rings. The van der Waals surface area contributed by atoms with Gasteiger partial charge in [-0.25, -0.2) is 0 Å². The minimum absolute atomic E-state index is 0.0368. The summed E-state index contributed by atoms with van der Waals surface area (Å²) in [6.07, 6.45) is 0. The van der Waals surface area contributed by atoms with Gasteiger partial charge in [0.15, 0.2) is 0 Å². The third-order valence-corrected chi connectivity index (χ3v) is 3.72. The van der Waals surface area contributed by atoms with E-state index in [1.165, 1.54) is 11.3 Å². The van der Waals surface area contributed by atoms with Gasteiger partial charge in [-0.1, -0.05) is 0 Å². The van der Waals surface area contributed by atoms with E-state index in [0.29, 0.717) is 13.2 Å². The van der Waals surface area contributed by atoms with E-state index >= 15 is 0 Å². The van der Waals surface area contributed by atoms with Crippen LogP contribution < -0.4 is 9.80 Å². The molecule has 1 amide bonds. The third-order valence-electron chi connectivity index (χ3n) is 3.72. The molecule has 0 aromatic heterocycles. The first-order valence-corrected chi connectivity index (χ1v) is 7.06. The molecule has 2 fully saturated rings. The molecule has 0 spiro atoms. The number of carbonyl (C=O) groups is 1. The Bertz CT molecular complexity index is 498. The number of hydrogen-bond acceptors (Lipinski definition) is 4. The molecule has 0 bridgehead atoms. The predicted molar refractivity (Wildman–Crippen MR) is 77.4 cm³/mol. The first kappa shape index (κ1) is 13.4. The minimum Gasteiger partial charge on any atom is -0.378 e. The second-order valence-corrected chi connectivity index (χ2v) is 5.22. The van der Waals surface area contributed by atoms with Gasteiger partial charge in [0.25, 0.3) is 5.91 Å². The van der Waals surface area contributed by atoms with Crippen molar-refractivity contribution in [3.8, 4) is 0 Å². The quantitative estimate of drug-likeness (QED) is 0.814. The number of carbonyl (C=O) groups excluding carboxylic acids is 1. The Morgan fingerprint density at radius 2 is 1.65 bits per heavy atom. The van der Waals surface area contributed by atoms with Crippen molar-refractivity contribution < 1.29 is 14.3 Å². The molecule has 0 unspecified atom stereocenters. The Balaban J connectivity index is 1.87. The predicted octanol–water partition coefficient (Wildman–Crippen LogP) is 1.19. The van der Waals surface area contributed by atoms with Crippen molar-refractivity contribution in [1.82, 2.24) is 0 Å². The van der Waals surface area contributed by atoms with Crippen molar-refractivity contribution in [1.29, 1.82) is 0 Å². The van der Waals surface area contributed by atoms with Crippen LogP contribution in [0.2, 0.25) is 0 Å². The van der Waals surface area contributed by atoms with E-state index in [4.69, 9.17) is 9.47 Å². The molecule has 2 aliphatic heterocycles. The van der Waals surface area contributed by atoms with Crippen LogP contribution in [0.25, 0.3) is 0 Å². The lowest BCUT2D eigenvalue weighted by Gasteiger charge is -2.32. The number of hydrogen-bond donors (Lipinski definition) is 0. The molecule has 5 nitrogen and oxygen atoms in total. The van der Waals surface area contributed by atoms with E-state index in [1.807, 2.05) is 4.90 Å². The van der Waals surface area contributed by atoms with Crippen molar-refractivity contribution in [2.45, 2.75) is 6.92 Å². The van der Waals surface area contributed by atoms with Crippen LogP contribution in [0.5, 0.6) is 0 Å². The van der Waals surface area contributed by atoms with E-state index in [0.717, 1.165) is 32.0 Å². The highest BCUT2D eigenvalue weighted by molar-refractivity contribution is 5.95. The summed E-state index contributed by atoms with van der Waals surface area (Å²) in [6.45, 7) is 6.82. The largest absolute Gasteiger partial charge is 0.378 e. The summed E-state index contributed by atoms with van der Waals surface area (Å²) in [5, 5.41) is 0. The lowest BCUT2D eigenvalue weighted by molar-refractivity contribution is -0.125. The SMILES string of the molecule is Cc1cc(N2CCOCC2)cc(N2CCOCC2=O)c1. The molecule has 2 aliphatic rings. The number of morpholine rings is 2. The van der Waals surface area contributed by atoms with Gasteiger partial charge in [-0.05, 0) is 30.7 Å². The Kier molecular flexibility index (Phi) is 3.89. The smallest absolute Gasteiger partial charge is 0.253 e. The van der Waals surface area contributed by atoms with E-state index < -0.39 is 0 Å². The van der Waals surface area contributed by atoms with Crippen LogP contribution in [-0.4, -0.2) is 52.0 Å². The maximum atomic E-state index is 12.0. The molecular formula is C15H20N2O3. The van der Waals surface area contributed by atoms with Crippen molar-refractivity contribution >= 4 is 17.3 Å². The van der Waals surface area contributed by atoms with Crippen LogP contribution in [0.4, 0.5) is 11.4 Å². The highest BCUT2D eigenvalue weighted by Gasteiger charge is 2.21. The summed E-state index contributed by atoms with van der Waals surface area (Å²) in [5.74, 6) is 0.0368. The second-order valence-electron chi connectivity index (χ2n) is 5.22. The molecular weight excluding hydrogens is 256 g/mol. The molecule has 5 heteroatoms. The number of amides is 1. The molecule has 1 aromatic carbocycles. The molecule has 108 valence electrons. The van der Waals surface area contributed by atoms with Gasteiger partial charge >= 0.3 is 0 Å². The Hall–Kier alpha value is -1.59. The van der Waals surface area contributed by atoms with Crippen LogP contribution in [0.3, 0.4) is 0 Å². The maximum absolute atomic E-state index is 12.0. The average molecular weight is 276 g/mol. The summed E-state index contributed by atoms with van der Waals surface area (Å²) < 4.78 is 10.6. The van der Waals surface area contributed by atoms with Crippen LogP contribution in [0.15, 0.2) is 18.2 Å². The van der Waals surface area contributed by atoms with Crippen molar-refractivity contribution in [2.24, 2.45) is 0 Å². The van der Waals surface area contributed by atoms with Gasteiger partial charge in [-0.2, -0.15) is 0 Å². The summed E-state index contributed by atoms with van der Waals surface area (Å²) in [6, 6.07) is 6.33. The van der Waals surface area contributed by atoms with Gasteiger partial charge in [-0.15, -0.1) is 0 Å². The molecule has 0 atom stereocenters. The standard InChI is InChI=1S/C15H20N2O3/c1-12-8-13(16-2-5-19-6-3-16)10-14(9-12)17-4-7-20-11-15(17)18/h8-10H,2-7,11H2,1H3. The Labute approximate surface area is 119 Å². The zero-order valence-electron chi connectivity index (χ0n) is 11.8. The van der Waals surface area contributed by atoms with Gasteiger partial charge in [0.2, 0.25) is 0 Å². The Morgan fingerprint density at radius 3 is 2.40 bits per heavy atom. The summed E-state index contributed by atoms with van der Waals surface area (Å²) in [4.78, 5) is 16.1. The number of ether oxygens (including phenoxy) is 2. The normalized spacial score (nSPS) is 20.4. The topological polar surface area (TPSA) is 42.0 Å². The molecule has 0 saturated carbocycles. The molecule has 0 N–H and O–H groups in total. The number of rotatable bonds is 2. The van der Waals surface area contributed by atoms with E-state index in [9.17, 15) is 4.79 Å². The van der Waals surface area contributed by atoms with E-state index in [-0.39, 0.29) is 12.5 Å². The molecule has 0 radical (unpaired) electrons. The summed E-state index contributed by atoms with van der Waals surface area (Å²) >= 11 is 0. The maximum Gasteiger partial charge on any atom is 0.253 e. The molecule has 20 heavy (non-hydrogen) atoms. The second kappa shape index (κ2) is 5.81. The number of anilines is 2. The lowest BCUT2D eigenvalue weighted by atomic mass is 10.1. The van der Waals surface area contributed by atoms with Crippen molar-refractivity contribution in [2.75, 3.05) is 55.9 Å². The minimum atomic E-state index is 0.0368. The zero-order valence-corrected chi connectivity index (χ0v) is 11.8.